The smallest absolute Gasteiger partial charge is 0.223 e. The largest absolute Gasteiger partial charge is 0.369 e. The number of halogens is 2. The van der Waals surface area contributed by atoms with Crippen LogP contribution < -0.4 is 5.32 Å². The maximum atomic E-state index is 12.9. The van der Waals surface area contributed by atoms with Crippen LogP contribution >= 0.6 is 24.0 Å². The summed E-state index contributed by atoms with van der Waals surface area (Å²) in [6.07, 6.45) is 2.85. The molecule has 26 heavy (non-hydrogen) atoms. The maximum Gasteiger partial charge on any atom is 0.223 e. The van der Waals surface area contributed by atoms with Crippen LogP contribution in [0.5, 0.6) is 0 Å². The minimum Gasteiger partial charge on any atom is -0.369 e. The standard InChI is InChI=1S/C20H29ClN2O2.ClH/c1-14(16-7-9-22-10-8-16)11-20(24)23-12-19(25-13-15(23)2)17-5-3-4-6-18(17)21;/h3-6,14-16,19,22H,7-13H2,1-2H3;1H. The molecule has 2 aliphatic heterocycles. The second kappa shape index (κ2) is 9.93. The van der Waals surface area contributed by atoms with Crippen LogP contribution in [0.1, 0.15) is 44.8 Å². The number of morpholine rings is 1. The fourth-order valence-corrected chi connectivity index (χ4v) is 4.26. The van der Waals surface area contributed by atoms with Gasteiger partial charge in [-0.1, -0.05) is 36.7 Å². The van der Waals surface area contributed by atoms with E-state index in [-0.39, 0.29) is 30.5 Å². The minimum absolute atomic E-state index is 0. The van der Waals surface area contributed by atoms with Gasteiger partial charge in [0.25, 0.3) is 0 Å². The first-order valence-electron chi connectivity index (χ1n) is 9.42. The Morgan fingerprint density at radius 1 is 1.35 bits per heavy atom. The van der Waals surface area contributed by atoms with Crippen molar-refractivity contribution in [3.8, 4) is 0 Å². The molecule has 3 unspecified atom stereocenters. The highest BCUT2D eigenvalue weighted by Crippen LogP contribution is 2.31. The Bertz CT molecular complexity index is 593. The molecule has 0 radical (unpaired) electrons. The topological polar surface area (TPSA) is 41.6 Å². The van der Waals surface area contributed by atoms with Crippen molar-refractivity contribution in [1.82, 2.24) is 10.2 Å². The average molecular weight is 401 g/mol. The van der Waals surface area contributed by atoms with Crippen molar-refractivity contribution in [2.24, 2.45) is 11.8 Å². The number of benzene rings is 1. The number of nitrogens with one attached hydrogen (secondary N) is 1. The van der Waals surface area contributed by atoms with Gasteiger partial charge in [0.1, 0.15) is 6.10 Å². The van der Waals surface area contributed by atoms with Crippen LogP contribution in [0.3, 0.4) is 0 Å². The number of amides is 1. The molecule has 4 nitrogen and oxygen atoms in total. The summed E-state index contributed by atoms with van der Waals surface area (Å²) in [5, 5.41) is 4.10. The van der Waals surface area contributed by atoms with Gasteiger partial charge in [0.15, 0.2) is 0 Å². The fourth-order valence-electron chi connectivity index (χ4n) is 4.00. The molecule has 0 spiro atoms. The summed E-state index contributed by atoms with van der Waals surface area (Å²) in [6, 6.07) is 7.87. The Morgan fingerprint density at radius 2 is 2.04 bits per heavy atom. The van der Waals surface area contributed by atoms with Gasteiger partial charge in [-0.15, -0.1) is 12.4 Å². The van der Waals surface area contributed by atoms with E-state index in [0.717, 1.165) is 18.7 Å². The lowest BCUT2D eigenvalue weighted by Crippen LogP contribution is -2.49. The van der Waals surface area contributed by atoms with E-state index in [2.05, 4.69) is 19.2 Å². The van der Waals surface area contributed by atoms with Crippen molar-refractivity contribution in [2.45, 2.75) is 45.3 Å². The molecule has 6 heteroatoms. The zero-order valence-electron chi connectivity index (χ0n) is 15.6. The van der Waals surface area contributed by atoms with E-state index in [0.29, 0.717) is 36.4 Å². The van der Waals surface area contributed by atoms with Crippen LogP contribution in [-0.2, 0) is 9.53 Å². The van der Waals surface area contributed by atoms with Gasteiger partial charge in [-0.05, 0) is 50.8 Å². The van der Waals surface area contributed by atoms with Crippen LogP contribution in [0.2, 0.25) is 5.02 Å². The van der Waals surface area contributed by atoms with Crippen molar-refractivity contribution in [1.29, 1.82) is 0 Å². The van der Waals surface area contributed by atoms with Crippen LogP contribution in [0.15, 0.2) is 24.3 Å². The van der Waals surface area contributed by atoms with Crippen LogP contribution in [-0.4, -0.2) is 43.1 Å². The minimum atomic E-state index is -0.136. The number of carbonyl (C=O) groups is 1. The SMILES string of the molecule is CC(CC(=O)N1CC(c2ccccc2Cl)OCC1C)C1CCNCC1.Cl. The van der Waals surface area contributed by atoms with E-state index in [1.165, 1.54) is 12.8 Å². The van der Waals surface area contributed by atoms with E-state index in [4.69, 9.17) is 16.3 Å². The van der Waals surface area contributed by atoms with E-state index in [9.17, 15) is 4.79 Å². The van der Waals surface area contributed by atoms with Crippen LogP contribution in [0.25, 0.3) is 0 Å². The van der Waals surface area contributed by atoms with E-state index in [1.54, 1.807) is 0 Å². The third-order valence-corrected chi connectivity index (χ3v) is 6.03. The average Bonchev–Trinajstić information content (AvgIpc) is 2.63. The quantitative estimate of drug-likeness (QED) is 0.827. The zero-order chi connectivity index (χ0) is 17.8. The van der Waals surface area contributed by atoms with Gasteiger partial charge < -0.3 is 15.0 Å². The first kappa shape index (κ1) is 21.5. The molecule has 1 aromatic carbocycles. The summed E-state index contributed by atoms with van der Waals surface area (Å²) >= 11 is 6.32. The number of piperidine rings is 1. The molecule has 0 saturated carbocycles. The molecule has 0 aliphatic carbocycles. The first-order chi connectivity index (χ1) is 12.1. The van der Waals surface area contributed by atoms with Gasteiger partial charge in [-0.25, -0.2) is 0 Å². The summed E-state index contributed by atoms with van der Waals surface area (Å²) in [5.74, 6) is 1.34. The van der Waals surface area contributed by atoms with Gasteiger partial charge in [-0.2, -0.15) is 0 Å². The van der Waals surface area contributed by atoms with E-state index < -0.39 is 0 Å². The molecule has 3 rings (SSSR count). The maximum absolute atomic E-state index is 12.9. The molecular weight excluding hydrogens is 371 g/mol. The fraction of sp³-hybridized carbons (Fsp3) is 0.650. The van der Waals surface area contributed by atoms with Gasteiger partial charge in [-0.3, -0.25) is 4.79 Å². The molecule has 2 heterocycles. The zero-order valence-corrected chi connectivity index (χ0v) is 17.2. The Hall–Kier alpha value is -0.810. The Kier molecular flexibility index (Phi) is 8.21. The van der Waals surface area contributed by atoms with Crippen LogP contribution in [0.4, 0.5) is 0 Å². The number of rotatable bonds is 4. The van der Waals surface area contributed by atoms with Crippen molar-refractivity contribution in [2.75, 3.05) is 26.2 Å². The number of hydrogen-bond acceptors (Lipinski definition) is 3. The molecule has 146 valence electrons. The van der Waals surface area contributed by atoms with Gasteiger partial charge in [0.05, 0.1) is 19.2 Å². The Balaban J connectivity index is 0.00000243. The number of nitrogens with zero attached hydrogens (tertiary/aromatic N) is 1. The second-order valence-electron chi connectivity index (χ2n) is 7.51. The van der Waals surface area contributed by atoms with Crippen molar-refractivity contribution in [3.05, 3.63) is 34.9 Å². The van der Waals surface area contributed by atoms with Gasteiger partial charge in [0, 0.05) is 17.0 Å². The van der Waals surface area contributed by atoms with Gasteiger partial charge in [0.2, 0.25) is 5.91 Å². The lowest BCUT2D eigenvalue weighted by Gasteiger charge is -2.39. The Morgan fingerprint density at radius 3 is 2.73 bits per heavy atom. The highest BCUT2D eigenvalue weighted by atomic mass is 35.5. The van der Waals surface area contributed by atoms with Crippen molar-refractivity contribution in [3.63, 3.8) is 0 Å². The third kappa shape index (κ3) is 5.13. The van der Waals surface area contributed by atoms with E-state index >= 15 is 0 Å². The normalized spacial score (nSPS) is 25.4. The molecule has 1 aromatic rings. The molecular formula is C20H30Cl2N2O2. The molecule has 1 N–H and O–H groups in total. The molecule has 2 fully saturated rings. The predicted molar refractivity (Wildman–Crippen MR) is 108 cm³/mol. The predicted octanol–water partition coefficient (Wildman–Crippen LogP) is 4.08. The molecule has 0 aromatic heterocycles. The first-order valence-corrected chi connectivity index (χ1v) is 9.80. The second-order valence-corrected chi connectivity index (χ2v) is 7.91. The lowest BCUT2D eigenvalue weighted by molar-refractivity contribution is -0.145. The van der Waals surface area contributed by atoms with Gasteiger partial charge >= 0.3 is 0 Å². The number of ether oxygens (including phenoxy) is 1. The monoisotopic (exact) mass is 400 g/mol. The molecule has 3 atom stereocenters. The molecule has 2 saturated heterocycles. The molecule has 2 aliphatic rings. The summed E-state index contributed by atoms with van der Waals surface area (Å²) in [6.45, 7) is 7.59. The Labute approximate surface area is 168 Å². The summed E-state index contributed by atoms with van der Waals surface area (Å²) < 4.78 is 5.97. The summed E-state index contributed by atoms with van der Waals surface area (Å²) in [5.41, 5.74) is 0.972. The summed E-state index contributed by atoms with van der Waals surface area (Å²) in [4.78, 5) is 14.9. The van der Waals surface area contributed by atoms with Crippen molar-refractivity contribution < 1.29 is 9.53 Å². The van der Waals surface area contributed by atoms with E-state index in [1.807, 2.05) is 29.2 Å². The van der Waals surface area contributed by atoms with Crippen LogP contribution in [0, 0.1) is 11.8 Å². The van der Waals surface area contributed by atoms with Crippen molar-refractivity contribution >= 4 is 29.9 Å². The highest BCUT2D eigenvalue weighted by Gasteiger charge is 2.33. The third-order valence-electron chi connectivity index (χ3n) is 5.69. The number of hydrogen-bond donors (Lipinski definition) is 1. The molecule has 0 bridgehead atoms. The number of carbonyl (C=O) groups excluding carboxylic acids is 1. The molecule has 1 amide bonds. The highest BCUT2D eigenvalue weighted by molar-refractivity contribution is 6.31. The lowest BCUT2D eigenvalue weighted by atomic mass is 9.84. The summed E-state index contributed by atoms with van der Waals surface area (Å²) in [7, 11) is 0.